The Morgan fingerprint density at radius 2 is 1.91 bits per heavy atom. The zero-order valence-corrected chi connectivity index (χ0v) is 22.6. The van der Waals surface area contributed by atoms with Gasteiger partial charge in [0.1, 0.15) is 0 Å². The lowest BCUT2D eigenvalue weighted by Gasteiger charge is -2.58. The molecule has 35 heavy (non-hydrogen) atoms. The van der Waals surface area contributed by atoms with Crippen molar-refractivity contribution in [2.24, 2.45) is 46.3 Å². The van der Waals surface area contributed by atoms with Crippen molar-refractivity contribution in [2.45, 2.75) is 110 Å². The van der Waals surface area contributed by atoms with E-state index >= 15 is 0 Å². The number of fused-ring (bicyclic) bond motifs is 5. The van der Waals surface area contributed by atoms with Crippen LogP contribution in [0.15, 0.2) is 23.3 Å². The molecule has 0 radical (unpaired) electrons. The molecule has 6 aliphatic rings. The van der Waals surface area contributed by atoms with Crippen LogP contribution in [-0.4, -0.2) is 35.1 Å². The van der Waals surface area contributed by atoms with Gasteiger partial charge in [-0.2, -0.15) is 0 Å². The van der Waals surface area contributed by atoms with Crippen molar-refractivity contribution >= 4 is 5.91 Å². The quantitative estimate of drug-likeness (QED) is 0.435. The summed E-state index contributed by atoms with van der Waals surface area (Å²) >= 11 is 0. The van der Waals surface area contributed by atoms with Gasteiger partial charge in [-0.15, -0.1) is 0 Å². The first-order valence-corrected chi connectivity index (χ1v) is 15.1. The molecular weight excluding hydrogens is 430 g/mol. The van der Waals surface area contributed by atoms with Crippen molar-refractivity contribution in [3.63, 3.8) is 0 Å². The Morgan fingerprint density at radius 1 is 1.09 bits per heavy atom. The summed E-state index contributed by atoms with van der Waals surface area (Å²) < 4.78 is 0. The Morgan fingerprint density at radius 3 is 2.66 bits per heavy atom. The van der Waals surface area contributed by atoms with Gasteiger partial charge >= 0.3 is 0 Å². The van der Waals surface area contributed by atoms with Crippen LogP contribution in [0.5, 0.6) is 0 Å². The van der Waals surface area contributed by atoms with E-state index in [9.17, 15) is 9.90 Å². The molecule has 0 saturated heterocycles. The fraction of sp³-hybridized carbons (Fsp3) is 0.844. The van der Waals surface area contributed by atoms with Crippen molar-refractivity contribution in [2.75, 3.05) is 13.1 Å². The van der Waals surface area contributed by atoms with E-state index in [0.29, 0.717) is 22.7 Å². The first kappa shape index (κ1) is 24.3. The monoisotopic (exact) mass is 479 g/mol. The van der Waals surface area contributed by atoms with E-state index in [1.54, 1.807) is 11.1 Å². The lowest BCUT2D eigenvalue weighted by atomic mass is 9.47. The summed E-state index contributed by atoms with van der Waals surface area (Å²) in [6.45, 7) is 9.44. The fourth-order valence-corrected chi connectivity index (χ4v) is 10.1. The molecule has 4 fully saturated rings. The summed E-state index contributed by atoms with van der Waals surface area (Å²) in [5.41, 5.74) is 4.00. The van der Waals surface area contributed by atoms with Gasteiger partial charge in [-0.25, -0.2) is 0 Å². The number of carbonyl (C=O) groups is 1. The van der Waals surface area contributed by atoms with Crippen molar-refractivity contribution in [3.05, 3.63) is 23.3 Å². The second-order valence-electron chi connectivity index (χ2n) is 14.0. The maximum Gasteiger partial charge on any atom is 0.222 e. The molecule has 0 aromatic heterocycles. The van der Waals surface area contributed by atoms with E-state index in [2.05, 4.69) is 37.8 Å². The molecule has 8 atom stereocenters. The van der Waals surface area contributed by atoms with E-state index in [1.807, 2.05) is 0 Å². The van der Waals surface area contributed by atoms with Gasteiger partial charge in [0.2, 0.25) is 5.91 Å². The third kappa shape index (κ3) is 4.16. The summed E-state index contributed by atoms with van der Waals surface area (Å²) in [5.74, 6) is 5.16. The molecular formula is C32H49NO2. The van der Waals surface area contributed by atoms with E-state index in [4.69, 9.17) is 0 Å². The first-order chi connectivity index (χ1) is 16.8. The highest BCUT2D eigenvalue weighted by molar-refractivity contribution is 5.76. The maximum atomic E-state index is 13.0. The number of rotatable bonds is 5. The number of carbonyl (C=O) groups excluding carboxylic acids is 1. The average molecular weight is 480 g/mol. The van der Waals surface area contributed by atoms with Crippen LogP contribution in [0.3, 0.4) is 0 Å². The predicted octanol–water partition coefficient (Wildman–Crippen LogP) is 6.91. The minimum absolute atomic E-state index is 0.111. The van der Waals surface area contributed by atoms with Crippen LogP contribution in [0.25, 0.3) is 0 Å². The molecule has 0 aromatic rings. The highest BCUT2D eigenvalue weighted by Crippen LogP contribution is 2.67. The third-order valence-electron chi connectivity index (χ3n) is 12.4. The number of hydrogen-bond donors (Lipinski definition) is 1. The normalized spacial score (nSPS) is 44.0. The first-order valence-electron chi connectivity index (χ1n) is 15.1. The smallest absolute Gasteiger partial charge is 0.222 e. The third-order valence-corrected chi connectivity index (χ3v) is 12.4. The molecule has 1 unspecified atom stereocenters. The minimum atomic E-state index is -0.111. The van der Waals surface area contributed by atoms with Gasteiger partial charge in [0, 0.05) is 19.5 Å². The zero-order valence-electron chi connectivity index (χ0n) is 22.6. The number of aliphatic hydroxyl groups excluding tert-OH is 1. The highest BCUT2D eigenvalue weighted by atomic mass is 16.3. The molecule has 3 heteroatoms. The number of nitrogens with zero attached hydrogens (tertiary/aromatic N) is 1. The van der Waals surface area contributed by atoms with Crippen LogP contribution in [0.4, 0.5) is 0 Å². The van der Waals surface area contributed by atoms with Gasteiger partial charge < -0.3 is 10.0 Å². The molecule has 1 aliphatic heterocycles. The minimum Gasteiger partial charge on any atom is -0.393 e. The zero-order chi connectivity index (χ0) is 24.4. The number of allylic oxidation sites excluding steroid dienone is 1. The topological polar surface area (TPSA) is 40.5 Å². The van der Waals surface area contributed by atoms with Crippen LogP contribution in [0.2, 0.25) is 0 Å². The molecule has 3 nitrogen and oxygen atoms in total. The van der Waals surface area contributed by atoms with Crippen LogP contribution in [0, 0.1) is 46.3 Å². The van der Waals surface area contributed by atoms with Gasteiger partial charge in [-0.05, 0) is 123 Å². The summed E-state index contributed by atoms with van der Waals surface area (Å²) in [4.78, 5) is 15.1. The van der Waals surface area contributed by atoms with Crippen LogP contribution in [0.1, 0.15) is 104 Å². The van der Waals surface area contributed by atoms with Gasteiger partial charge in [-0.1, -0.05) is 44.1 Å². The molecule has 194 valence electrons. The summed E-state index contributed by atoms with van der Waals surface area (Å²) in [5, 5.41) is 10.3. The molecule has 0 aromatic carbocycles. The van der Waals surface area contributed by atoms with Gasteiger partial charge in [0.15, 0.2) is 0 Å². The average Bonchev–Trinajstić information content (AvgIpc) is 3.64. The van der Waals surface area contributed by atoms with Gasteiger partial charge in [0.05, 0.1) is 6.10 Å². The Kier molecular flexibility index (Phi) is 6.26. The molecule has 0 spiro atoms. The fourth-order valence-electron chi connectivity index (χ4n) is 10.1. The molecule has 6 rings (SSSR count). The Hall–Kier alpha value is -1.09. The lowest BCUT2D eigenvalue weighted by Crippen LogP contribution is -2.50. The van der Waals surface area contributed by atoms with E-state index < -0.39 is 0 Å². The van der Waals surface area contributed by atoms with E-state index in [1.165, 1.54) is 51.4 Å². The lowest BCUT2D eigenvalue weighted by molar-refractivity contribution is -0.131. The van der Waals surface area contributed by atoms with Crippen molar-refractivity contribution < 1.29 is 9.90 Å². The summed E-state index contributed by atoms with van der Waals surface area (Å²) in [6.07, 6.45) is 20.3. The van der Waals surface area contributed by atoms with Crippen LogP contribution < -0.4 is 0 Å². The van der Waals surface area contributed by atoms with Crippen molar-refractivity contribution in [1.29, 1.82) is 0 Å². The maximum absolute atomic E-state index is 13.0. The van der Waals surface area contributed by atoms with E-state index in [0.717, 1.165) is 74.8 Å². The van der Waals surface area contributed by atoms with Crippen molar-refractivity contribution in [1.82, 2.24) is 4.90 Å². The Balaban J connectivity index is 1.08. The van der Waals surface area contributed by atoms with E-state index in [-0.39, 0.29) is 6.10 Å². The van der Waals surface area contributed by atoms with Gasteiger partial charge in [0.25, 0.3) is 0 Å². The molecule has 0 bridgehead atoms. The Labute approximate surface area is 213 Å². The highest BCUT2D eigenvalue weighted by Gasteiger charge is 2.59. The van der Waals surface area contributed by atoms with Crippen LogP contribution >= 0.6 is 0 Å². The molecule has 4 saturated carbocycles. The molecule has 5 aliphatic carbocycles. The number of hydrogen-bond acceptors (Lipinski definition) is 2. The molecule has 1 amide bonds. The largest absolute Gasteiger partial charge is 0.393 e. The molecule has 1 heterocycles. The number of aliphatic hydroxyl groups is 1. The Bertz CT molecular complexity index is 901. The predicted molar refractivity (Wildman–Crippen MR) is 142 cm³/mol. The second-order valence-corrected chi connectivity index (χ2v) is 14.0. The summed E-state index contributed by atoms with van der Waals surface area (Å²) in [6, 6.07) is 0. The second kappa shape index (κ2) is 9.03. The molecule has 1 N–H and O–H groups in total. The van der Waals surface area contributed by atoms with Gasteiger partial charge in [-0.3, -0.25) is 4.79 Å². The standard InChI is InChI=1S/C32H49NO2/c1-21(4-11-30(35)33-18-14-23(15-19-33)22-5-6-22)27-9-10-28-26-8-7-24-20-25(34)12-16-31(24,2)29(26)13-17-32(27,28)3/h7,14,21-22,25-29,34H,4-6,8-13,15-20H2,1-3H3/t21?,25-,26-,27+,28-,29-,31-,32+/m0/s1. The SMILES string of the molecule is CC(CCC(=O)N1CC=C(C2CC2)CC1)[C@H]1CC[C@H]2[C@@H]3CC=C4C[C@@H](O)CC[C@]4(C)[C@H]3CC[C@]12C. The van der Waals surface area contributed by atoms with Crippen molar-refractivity contribution in [3.8, 4) is 0 Å². The summed E-state index contributed by atoms with van der Waals surface area (Å²) in [7, 11) is 0. The number of amides is 1. The van der Waals surface area contributed by atoms with Crippen LogP contribution in [-0.2, 0) is 4.79 Å².